The molecule has 1 fully saturated rings. The van der Waals surface area contributed by atoms with Crippen molar-refractivity contribution >= 4 is 35.5 Å². The van der Waals surface area contributed by atoms with Crippen molar-refractivity contribution in [2.45, 2.75) is 38.4 Å². The zero-order valence-corrected chi connectivity index (χ0v) is 25.1. The molecule has 0 spiro atoms. The van der Waals surface area contributed by atoms with Crippen molar-refractivity contribution in [2.24, 2.45) is 5.92 Å². The van der Waals surface area contributed by atoms with E-state index in [0.717, 1.165) is 18.4 Å². The van der Waals surface area contributed by atoms with Gasteiger partial charge in [0.15, 0.2) is 17.8 Å². The molecule has 0 bridgehead atoms. The maximum atomic E-state index is 13.3. The van der Waals surface area contributed by atoms with E-state index in [9.17, 15) is 28.7 Å². The van der Waals surface area contributed by atoms with Crippen molar-refractivity contribution < 1.29 is 47.6 Å². The number of nitrogens with zero attached hydrogens (tertiary/aromatic N) is 1. The highest BCUT2D eigenvalue weighted by Crippen LogP contribution is 2.42. The molecule has 0 amide bonds. The van der Waals surface area contributed by atoms with E-state index < -0.39 is 18.5 Å². The number of aldehydes is 1. The largest absolute Gasteiger partial charge is 0.545 e. The number of carbonyl (C=O) groups is 2. The first-order valence-electron chi connectivity index (χ1n) is 13.9. The third-order valence-electron chi connectivity index (χ3n) is 7.40. The Labute approximate surface area is 267 Å². The minimum absolute atomic E-state index is 0.0399. The van der Waals surface area contributed by atoms with Crippen LogP contribution in [0.1, 0.15) is 61.7 Å². The zero-order valence-electron chi connectivity index (χ0n) is 23.6. The highest BCUT2D eigenvalue weighted by Gasteiger charge is 2.28. The minimum atomic E-state index is -3.09. The highest BCUT2D eigenvalue weighted by molar-refractivity contribution is 6.35. The molecule has 0 aliphatic heterocycles. The average molecular weight is 658 g/mol. The SMILES string of the molecule is O=Cc1c([C@@H](Cc2c(Cl)c[n+](O)cc2Cl)c2ccc(OC(F)F)c(OCC3CC3)c2)ccc(C(=O)[O-])c1OCc1ccccc1. The number of rotatable bonds is 14. The minimum Gasteiger partial charge on any atom is -0.545 e. The molecule has 45 heavy (non-hydrogen) atoms. The summed E-state index contributed by atoms with van der Waals surface area (Å²) in [4.78, 5) is 24.8. The van der Waals surface area contributed by atoms with Crippen molar-refractivity contribution in [3.63, 3.8) is 0 Å². The Morgan fingerprint density at radius 2 is 1.73 bits per heavy atom. The van der Waals surface area contributed by atoms with Gasteiger partial charge in [0, 0.05) is 21.8 Å². The van der Waals surface area contributed by atoms with Gasteiger partial charge in [0.25, 0.3) is 0 Å². The lowest BCUT2D eigenvalue weighted by atomic mass is 9.82. The van der Waals surface area contributed by atoms with Crippen molar-refractivity contribution in [3.05, 3.63) is 116 Å². The van der Waals surface area contributed by atoms with Crippen LogP contribution in [-0.2, 0) is 13.0 Å². The molecule has 5 rings (SSSR count). The molecular weight excluding hydrogens is 631 g/mol. The lowest BCUT2D eigenvalue weighted by molar-refractivity contribution is -0.904. The van der Waals surface area contributed by atoms with E-state index in [4.69, 9.17) is 37.4 Å². The summed E-state index contributed by atoms with van der Waals surface area (Å²) in [5.41, 5.74) is 1.56. The van der Waals surface area contributed by atoms with Gasteiger partial charge in [-0.15, -0.1) is 0 Å². The Morgan fingerprint density at radius 1 is 1.02 bits per heavy atom. The van der Waals surface area contributed by atoms with Crippen LogP contribution < -0.4 is 24.0 Å². The van der Waals surface area contributed by atoms with Gasteiger partial charge >= 0.3 is 6.61 Å². The van der Waals surface area contributed by atoms with Crippen LogP contribution in [0, 0.1) is 5.92 Å². The van der Waals surface area contributed by atoms with E-state index in [1.807, 2.05) is 6.07 Å². The summed E-state index contributed by atoms with van der Waals surface area (Å²) in [6.45, 7) is -2.83. The molecule has 12 heteroatoms. The molecule has 1 aliphatic carbocycles. The van der Waals surface area contributed by atoms with Gasteiger partial charge in [0.2, 0.25) is 12.4 Å². The molecule has 1 heterocycles. The molecule has 1 N–H and O–H groups in total. The zero-order chi connectivity index (χ0) is 32.1. The van der Waals surface area contributed by atoms with E-state index in [2.05, 4.69) is 0 Å². The Morgan fingerprint density at radius 3 is 2.36 bits per heavy atom. The summed E-state index contributed by atoms with van der Waals surface area (Å²) in [6, 6.07) is 16.1. The topological polar surface area (TPSA) is 109 Å². The Kier molecular flexibility index (Phi) is 10.0. The molecule has 4 aromatic rings. The molecule has 0 radical (unpaired) electrons. The summed E-state index contributed by atoms with van der Waals surface area (Å²) in [5, 5.41) is 22.2. The van der Waals surface area contributed by atoms with Gasteiger partial charge in [-0.05, 0) is 60.1 Å². The normalized spacial score (nSPS) is 13.4. The molecular formula is C33H27Cl2F2NO7. The molecule has 1 aromatic heterocycles. The van der Waals surface area contributed by atoms with Crippen LogP contribution in [0.4, 0.5) is 8.78 Å². The fraction of sp³-hybridized carbons (Fsp3) is 0.242. The number of aromatic nitrogens is 1. The molecule has 3 aromatic carbocycles. The summed E-state index contributed by atoms with van der Waals surface area (Å²) >= 11 is 12.9. The first-order chi connectivity index (χ1) is 21.6. The fourth-order valence-corrected chi connectivity index (χ4v) is 5.58. The number of carboxylic acids is 1. The number of hydrogen-bond acceptors (Lipinski definition) is 7. The maximum Gasteiger partial charge on any atom is 0.387 e. The summed E-state index contributed by atoms with van der Waals surface area (Å²) in [6.07, 6.45) is 4.92. The summed E-state index contributed by atoms with van der Waals surface area (Å²) < 4.78 is 43.7. The van der Waals surface area contributed by atoms with Gasteiger partial charge in [-0.1, -0.05) is 65.7 Å². The van der Waals surface area contributed by atoms with Crippen molar-refractivity contribution in [2.75, 3.05) is 6.61 Å². The van der Waals surface area contributed by atoms with E-state index >= 15 is 0 Å². The van der Waals surface area contributed by atoms with Gasteiger partial charge in [-0.25, -0.2) is 0 Å². The molecule has 0 saturated heterocycles. The van der Waals surface area contributed by atoms with Crippen LogP contribution >= 0.6 is 23.2 Å². The van der Waals surface area contributed by atoms with Crippen molar-refractivity contribution in [1.29, 1.82) is 0 Å². The number of aromatic carboxylic acids is 1. The molecule has 1 aliphatic rings. The third-order valence-corrected chi connectivity index (χ3v) is 8.05. The molecule has 234 valence electrons. The Hall–Kier alpha value is -4.41. The average Bonchev–Trinajstić information content (AvgIpc) is 3.84. The van der Waals surface area contributed by atoms with E-state index in [0.29, 0.717) is 40.2 Å². The number of carbonyl (C=O) groups excluding carboxylic acids is 2. The second-order valence-corrected chi connectivity index (χ2v) is 11.3. The van der Waals surface area contributed by atoms with Crippen LogP contribution in [0.5, 0.6) is 17.2 Å². The monoisotopic (exact) mass is 657 g/mol. The summed E-state index contributed by atoms with van der Waals surface area (Å²) in [5.74, 6) is -2.30. The van der Waals surface area contributed by atoms with E-state index in [1.165, 1.54) is 42.7 Å². The van der Waals surface area contributed by atoms with Gasteiger partial charge < -0.3 is 24.1 Å². The lowest BCUT2D eigenvalue weighted by Crippen LogP contribution is -2.29. The molecule has 1 atom stereocenters. The number of alkyl halides is 2. The van der Waals surface area contributed by atoms with Gasteiger partial charge in [-0.2, -0.15) is 8.78 Å². The van der Waals surface area contributed by atoms with E-state index in [1.54, 1.807) is 24.3 Å². The maximum absolute atomic E-state index is 13.3. The highest BCUT2D eigenvalue weighted by atomic mass is 35.5. The Bertz CT molecular complexity index is 1680. The quantitative estimate of drug-likeness (QED) is 0.100. The standard InChI is InChI=1S/C33H27Cl2F2NO7/c34-27-14-38(42)15-28(35)25(27)13-24(21-8-11-29(45-33(36)37)30(12-21)43-17-20-6-7-20)22-9-10-23(32(40)41)31(26(22)16-39)44-18-19-4-2-1-3-5-19/h1-5,8-12,14-16,20,24,33H,6-7,13,17-18H2,(H-,40,41,42)/t24-/m0/s1. The second-order valence-electron chi connectivity index (χ2n) is 10.5. The first kappa shape index (κ1) is 32.0. The number of ether oxygens (including phenoxy) is 3. The van der Waals surface area contributed by atoms with Gasteiger partial charge in [-0.3, -0.25) is 10.0 Å². The number of benzene rings is 3. The van der Waals surface area contributed by atoms with Crippen LogP contribution in [0.25, 0.3) is 0 Å². The van der Waals surface area contributed by atoms with Crippen LogP contribution in [0.2, 0.25) is 10.0 Å². The number of carboxylic acid groups (broad SMARTS) is 1. The molecule has 0 unspecified atom stereocenters. The predicted octanol–water partition coefficient (Wildman–Crippen LogP) is 6.04. The number of pyridine rings is 1. The first-order valence-corrected chi connectivity index (χ1v) is 14.7. The van der Waals surface area contributed by atoms with Crippen LogP contribution in [0.3, 0.4) is 0 Å². The van der Waals surface area contributed by atoms with Gasteiger partial charge in [0.1, 0.15) is 22.4 Å². The Balaban J connectivity index is 1.65. The van der Waals surface area contributed by atoms with Gasteiger partial charge in [0.05, 0.1) is 18.1 Å². The second kappa shape index (κ2) is 14.1. The smallest absolute Gasteiger partial charge is 0.387 e. The van der Waals surface area contributed by atoms with Crippen LogP contribution in [-0.4, -0.2) is 30.7 Å². The molecule has 8 nitrogen and oxygen atoms in total. The lowest BCUT2D eigenvalue weighted by Gasteiger charge is -2.25. The summed E-state index contributed by atoms with van der Waals surface area (Å²) in [7, 11) is 0. The molecule has 1 saturated carbocycles. The van der Waals surface area contributed by atoms with Crippen molar-refractivity contribution in [1.82, 2.24) is 0 Å². The third kappa shape index (κ3) is 7.82. The predicted molar refractivity (Wildman–Crippen MR) is 158 cm³/mol. The number of halogens is 4. The van der Waals surface area contributed by atoms with E-state index in [-0.39, 0.29) is 51.4 Å². The van der Waals surface area contributed by atoms with Crippen LogP contribution in [0.15, 0.2) is 73.1 Å². The fourth-order valence-electron chi connectivity index (χ4n) is 4.97. The number of hydrogen-bond donors (Lipinski definition) is 1. The van der Waals surface area contributed by atoms with Crippen molar-refractivity contribution in [3.8, 4) is 17.2 Å².